The average molecular weight is 150 g/mol. The first-order chi connectivity index (χ1) is 5.22. The second-order valence-corrected chi connectivity index (χ2v) is 2.68. The maximum atomic E-state index is 13.1. The Balaban J connectivity index is 3.04. The van der Waals surface area contributed by atoms with Crippen LogP contribution in [0, 0.1) is 0 Å². The van der Waals surface area contributed by atoms with Gasteiger partial charge < -0.3 is 0 Å². The predicted octanol–water partition coefficient (Wildman–Crippen LogP) is 3.41. The maximum absolute atomic E-state index is 13.1. The van der Waals surface area contributed by atoms with Crippen LogP contribution < -0.4 is 0 Å². The van der Waals surface area contributed by atoms with Crippen molar-refractivity contribution < 1.29 is 4.39 Å². The van der Waals surface area contributed by atoms with E-state index in [1.54, 1.807) is 26.0 Å². The Morgan fingerprint density at radius 1 is 1.09 bits per heavy atom. The van der Waals surface area contributed by atoms with Crippen molar-refractivity contribution >= 4 is 5.83 Å². The summed E-state index contributed by atoms with van der Waals surface area (Å²) < 4.78 is 13.1. The summed E-state index contributed by atoms with van der Waals surface area (Å²) in [5.41, 5.74) is 1.38. The quantitative estimate of drug-likeness (QED) is 0.575. The first kappa shape index (κ1) is 7.99. The Labute approximate surface area is 66.4 Å². The molecule has 0 atom stereocenters. The van der Waals surface area contributed by atoms with Gasteiger partial charge in [0.1, 0.15) is 5.83 Å². The summed E-state index contributed by atoms with van der Waals surface area (Å²) in [6.45, 7) is 3.53. The fourth-order valence-corrected chi connectivity index (χ4v) is 0.873. The standard InChI is InChI=1S/C10H11F/c1-8(2)10(11)9-6-4-3-5-7-9/h3-7H,1-2H3. The zero-order valence-corrected chi connectivity index (χ0v) is 6.76. The van der Waals surface area contributed by atoms with E-state index in [1.807, 2.05) is 18.2 Å². The number of benzene rings is 1. The van der Waals surface area contributed by atoms with Gasteiger partial charge >= 0.3 is 0 Å². The molecule has 0 aliphatic heterocycles. The molecule has 1 aromatic rings. The predicted molar refractivity (Wildman–Crippen MR) is 45.8 cm³/mol. The number of rotatable bonds is 1. The van der Waals surface area contributed by atoms with Crippen LogP contribution in [0.1, 0.15) is 19.4 Å². The Kier molecular flexibility index (Phi) is 2.42. The normalized spacial score (nSPS) is 9.36. The van der Waals surface area contributed by atoms with E-state index in [0.717, 1.165) is 5.57 Å². The summed E-state index contributed by atoms with van der Waals surface area (Å²) in [4.78, 5) is 0. The Bertz CT molecular complexity index is 255. The van der Waals surface area contributed by atoms with Crippen LogP contribution in [0.15, 0.2) is 35.9 Å². The van der Waals surface area contributed by atoms with Gasteiger partial charge in [-0.3, -0.25) is 0 Å². The molecule has 0 N–H and O–H groups in total. The lowest BCUT2D eigenvalue weighted by atomic mass is 10.1. The van der Waals surface area contributed by atoms with Gasteiger partial charge in [0.2, 0.25) is 0 Å². The summed E-state index contributed by atoms with van der Waals surface area (Å²) in [6.07, 6.45) is 0. The van der Waals surface area contributed by atoms with Gasteiger partial charge in [-0.1, -0.05) is 30.3 Å². The molecule has 1 aromatic carbocycles. The molecule has 0 aliphatic carbocycles. The highest BCUT2D eigenvalue weighted by Gasteiger charge is 1.98. The number of hydrogen-bond donors (Lipinski definition) is 0. The first-order valence-electron chi connectivity index (χ1n) is 3.60. The number of halogens is 1. The maximum Gasteiger partial charge on any atom is 0.129 e. The van der Waals surface area contributed by atoms with Gasteiger partial charge in [0, 0.05) is 5.56 Å². The molecule has 0 nitrogen and oxygen atoms in total. The van der Waals surface area contributed by atoms with E-state index in [9.17, 15) is 4.39 Å². The fourth-order valence-electron chi connectivity index (χ4n) is 0.873. The molecule has 0 saturated heterocycles. The van der Waals surface area contributed by atoms with Gasteiger partial charge in [-0.15, -0.1) is 0 Å². The molecule has 0 aliphatic rings. The molecule has 0 unspecified atom stereocenters. The van der Waals surface area contributed by atoms with E-state index < -0.39 is 0 Å². The Morgan fingerprint density at radius 2 is 1.64 bits per heavy atom. The largest absolute Gasteiger partial charge is 0.206 e. The van der Waals surface area contributed by atoms with E-state index in [0.29, 0.717) is 5.56 Å². The second kappa shape index (κ2) is 3.33. The van der Waals surface area contributed by atoms with E-state index in [4.69, 9.17) is 0 Å². The molecule has 0 spiro atoms. The van der Waals surface area contributed by atoms with Crippen molar-refractivity contribution in [3.05, 3.63) is 41.5 Å². The van der Waals surface area contributed by atoms with Gasteiger partial charge in [0.05, 0.1) is 0 Å². The van der Waals surface area contributed by atoms with Gasteiger partial charge in [0.25, 0.3) is 0 Å². The zero-order valence-electron chi connectivity index (χ0n) is 6.76. The lowest BCUT2D eigenvalue weighted by molar-refractivity contribution is 0.750. The summed E-state index contributed by atoms with van der Waals surface area (Å²) in [5.74, 6) is -0.120. The number of hydrogen-bond acceptors (Lipinski definition) is 0. The van der Waals surface area contributed by atoms with Crippen LogP contribution in [0.5, 0.6) is 0 Å². The van der Waals surface area contributed by atoms with Crippen LogP contribution in [0.2, 0.25) is 0 Å². The highest BCUT2D eigenvalue weighted by atomic mass is 19.1. The van der Waals surface area contributed by atoms with Crippen molar-refractivity contribution in [2.24, 2.45) is 0 Å². The Hall–Kier alpha value is -1.11. The van der Waals surface area contributed by atoms with Crippen molar-refractivity contribution in [1.82, 2.24) is 0 Å². The second-order valence-electron chi connectivity index (χ2n) is 2.68. The number of allylic oxidation sites excluding steroid dienone is 1. The third kappa shape index (κ3) is 1.90. The van der Waals surface area contributed by atoms with Crippen LogP contribution in [-0.2, 0) is 0 Å². The van der Waals surface area contributed by atoms with Gasteiger partial charge in [-0.2, -0.15) is 0 Å². The van der Waals surface area contributed by atoms with E-state index in [2.05, 4.69) is 0 Å². The molecular weight excluding hydrogens is 139 g/mol. The lowest BCUT2D eigenvalue weighted by Gasteiger charge is -1.97. The van der Waals surface area contributed by atoms with Crippen LogP contribution in [0.4, 0.5) is 4.39 Å². The van der Waals surface area contributed by atoms with Gasteiger partial charge in [0.15, 0.2) is 0 Å². The highest BCUT2D eigenvalue weighted by molar-refractivity contribution is 5.61. The van der Waals surface area contributed by atoms with Crippen LogP contribution in [0.3, 0.4) is 0 Å². The zero-order chi connectivity index (χ0) is 8.27. The fraction of sp³-hybridized carbons (Fsp3) is 0.200. The van der Waals surface area contributed by atoms with Crippen molar-refractivity contribution in [1.29, 1.82) is 0 Å². The molecule has 0 radical (unpaired) electrons. The van der Waals surface area contributed by atoms with E-state index >= 15 is 0 Å². The molecular formula is C10H11F. The monoisotopic (exact) mass is 150 g/mol. The van der Waals surface area contributed by atoms with Crippen molar-refractivity contribution in [2.75, 3.05) is 0 Å². The molecule has 0 bridgehead atoms. The molecule has 1 rings (SSSR count). The third-order valence-electron chi connectivity index (χ3n) is 1.47. The van der Waals surface area contributed by atoms with Crippen LogP contribution in [0.25, 0.3) is 5.83 Å². The molecule has 58 valence electrons. The third-order valence-corrected chi connectivity index (χ3v) is 1.47. The molecule has 0 heterocycles. The molecule has 0 saturated carbocycles. The van der Waals surface area contributed by atoms with Crippen molar-refractivity contribution in [2.45, 2.75) is 13.8 Å². The summed E-state index contributed by atoms with van der Waals surface area (Å²) in [7, 11) is 0. The molecule has 1 heteroatoms. The van der Waals surface area contributed by atoms with E-state index in [1.165, 1.54) is 0 Å². The first-order valence-corrected chi connectivity index (χ1v) is 3.60. The summed E-state index contributed by atoms with van der Waals surface area (Å²) >= 11 is 0. The van der Waals surface area contributed by atoms with Gasteiger partial charge in [-0.05, 0) is 19.4 Å². The SMILES string of the molecule is CC(C)=C(F)c1ccccc1. The smallest absolute Gasteiger partial charge is 0.129 e. The van der Waals surface area contributed by atoms with E-state index in [-0.39, 0.29) is 5.83 Å². The lowest BCUT2D eigenvalue weighted by Crippen LogP contribution is -1.78. The topological polar surface area (TPSA) is 0 Å². The summed E-state index contributed by atoms with van der Waals surface area (Å²) in [5, 5.41) is 0. The highest BCUT2D eigenvalue weighted by Crippen LogP contribution is 2.18. The minimum absolute atomic E-state index is 0.120. The van der Waals surface area contributed by atoms with Crippen molar-refractivity contribution in [3.8, 4) is 0 Å². The van der Waals surface area contributed by atoms with Gasteiger partial charge in [-0.25, -0.2) is 4.39 Å². The molecule has 0 fully saturated rings. The Morgan fingerprint density at radius 3 is 2.09 bits per heavy atom. The summed E-state index contributed by atoms with van der Waals surface area (Å²) in [6, 6.07) is 9.07. The van der Waals surface area contributed by atoms with Crippen LogP contribution >= 0.6 is 0 Å². The molecule has 11 heavy (non-hydrogen) atoms. The average Bonchev–Trinajstić information content (AvgIpc) is 2.05. The van der Waals surface area contributed by atoms with Crippen molar-refractivity contribution in [3.63, 3.8) is 0 Å². The molecule has 0 aromatic heterocycles. The minimum Gasteiger partial charge on any atom is -0.206 e. The van der Waals surface area contributed by atoms with Crippen LogP contribution in [-0.4, -0.2) is 0 Å². The molecule has 0 amide bonds. The minimum atomic E-state index is -0.120.